The molecule has 0 radical (unpaired) electrons. The fraction of sp³-hybridized carbons (Fsp3) is 0.171. The van der Waals surface area contributed by atoms with Gasteiger partial charge in [-0.15, -0.1) is 0 Å². The van der Waals surface area contributed by atoms with Crippen molar-refractivity contribution in [2.45, 2.75) is 67.7 Å². The van der Waals surface area contributed by atoms with Gasteiger partial charge < -0.3 is 13.3 Å². The lowest BCUT2D eigenvalue weighted by Gasteiger charge is -2.10. The van der Waals surface area contributed by atoms with Gasteiger partial charge in [0, 0.05) is 85.9 Å². The second-order valence-electron chi connectivity index (χ2n) is 24.1. The Hall–Kier alpha value is -10.2. The molecule has 0 saturated carbocycles. The van der Waals surface area contributed by atoms with Crippen LogP contribution >= 0.6 is 0 Å². The Labute approximate surface area is 522 Å². The fourth-order valence-corrected chi connectivity index (χ4v) is 12.3. The monoisotopic (exact) mass is 1170 g/mol. The average molecular weight is 1170 g/mol. The average Bonchev–Trinajstić information content (AvgIpc) is 1.80. The van der Waals surface area contributed by atoms with Gasteiger partial charge in [0.2, 0.25) is 22.8 Å². The number of para-hydroxylation sites is 3. The second-order valence-corrected chi connectivity index (χ2v) is 24.1. The fourth-order valence-electron chi connectivity index (χ4n) is 12.3. The van der Waals surface area contributed by atoms with Gasteiger partial charge in [-0.3, -0.25) is 0 Å². The SMILES string of the molecule is CCc1cc[n+](C)c(-c2cc3oc4ccccc4c3cc2C)c1.Cc1cc2c(cc1-c1cccc[n+]1C)oc1ccccc12.Cc1cc[n+](C)c(-c2cc3oc4ccccc4c3cc2C)c1.Cc1ccc(-c2ccccc2)cc1-c1ccc(C(C)C)c[n+]1C. The first kappa shape index (κ1) is 59.1. The molecule has 15 rings (SSSR count). The molecule has 7 nitrogen and oxygen atoms in total. The van der Waals surface area contributed by atoms with Crippen LogP contribution < -0.4 is 18.3 Å². The molecule has 440 valence electrons. The third-order valence-corrected chi connectivity index (χ3v) is 17.4. The van der Waals surface area contributed by atoms with Crippen LogP contribution in [0.2, 0.25) is 0 Å². The van der Waals surface area contributed by atoms with Gasteiger partial charge >= 0.3 is 0 Å². The maximum Gasteiger partial charge on any atom is 0.212 e. The summed E-state index contributed by atoms with van der Waals surface area (Å²) < 4.78 is 26.8. The Balaban J connectivity index is 0.000000115. The number of hydrogen-bond donors (Lipinski definition) is 0. The number of pyridine rings is 4. The van der Waals surface area contributed by atoms with Gasteiger partial charge in [0.05, 0.1) is 16.7 Å². The molecule has 0 N–H and O–H groups in total. The number of hydrogen-bond acceptors (Lipinski definition) is 3. The minimum atomic E-state index is 0.548. The topological polar surface area (TPSA) is 54.9 Å². The van der Waals surface area contributed by atoms with Gasteiger partial charge in [-0.2, -0.15) is 0 Å². The molecule has 0 amide bonds. The van der Waals surface area contributed by atoms with Crippen LogP contribution in [0, 0.1) is 34.6 Å². The highest BCUT2D eigenvalue weighted by Gasteiger charge is 2.21. The molecule has 0 fully saturated rings. The highest BCUT2D eigenvalue weighted by Crippen LogP contribution is 2.37. The maximum absolute atomic E-state index is 6.06. The van der Waals surface area contributed by atoms with Crippen LogP contribution in [-0.2, 0) is 34.6 Å². The molecular formula is C82H78N4O3+4. The first-order valence-electron chi connectivity index (χ1n) is 30.9. The molecular weight excluding hydrogens is 1090 g/mol. The number of benzene rings is 8. The van der Waals surface area contributed by atoms with Crippen molar-refractivity contribution in [3.8, 4) is 56.2 Å². The van der Waals surface area contributed by atoms with E-state index < -0.39 is 0 Å². The predicted octanol–water partition coefficient (Wildman–Crippen LogP) is 19.3. The number of rotatable bonds is 7. The largest absolute Gasteiger partial charge is 0.456 e. The van der Waals surface area contributed by atoms with Crippen LogP contribution in [0.3, 0.4) is 0 Å². The highest BCUT2D eigenvalue weighted by molar-refractivity contribution is 6.08. The molecule has 0 aliphatic heterocycles. The van der Waals surface area contributed by atoms with Crippen LogP contribution in [0.4, 0.5) is 0 Å². The first-order valence-corrected chi connectivity index (χ1v) is 30.9. The molecule has 0 unspecified atom stereocenters. The number of aromatic nitrogens is 4. The molecule has 0 aliphatic rings. The third kappa shape index (κ3) is 12.1. The van der Waals surface area contributed by atoms with E-state index in [1.54, 1.807) is 0 Å². The Bertz CT molecular complexity index is 5100. The molecule has 8 aromatic carbocycles. The summed E-state index contributed by atoms with van der Waals surface area (Å²) in [5.41, 5.74) is 27.1. The van der Waals surface area contributed by atoms with E-state index in [4.69, 9.17) is 13.3 Å². The van der Waals surface area contributed by atoms with Crippen molar-refractivity contribution in [2.75, 3.05) is 0 Å². The maximum atomic E-state index is 6.06. The van der Waals surface area contributed by atoms with E-state index in [0.29, 0.717) is 5.92 Å². The van der Waals surface area contributed by atoms with Gasteiger partial charge in [-0.1, -0.05) is 118 Å². The lowest BCUT2D eigenvalue weighted by Crippen LogP contribution is -2.31. The zero-order valence-electron chi connectivity index (χ0n) is 53.3. The molecule has 0 aliphatic carbocycles. The summed E-state index contributed by atoms with van der Waals surface area (Å²) >= 11 is 0. The van der Waals surface area contributed by atoms with Crippen LogP contribution in [0.15, 0.2) is 250 Å². The molecule has 0 spiro atoms. The van der Waals surface area contributed by atoms with Crippen LogP contribution in [0.5, 0.6) is 0 Å². The van der Waals surface area contributed by atoms with Crippen molar-refractivity contribution in [3.63, 3.8) is 0 Å². The lowest BCUT2D eigenvalue weighted by atomic mass is 9.96. The van der Waals surface area contributed by atoms with Crippen LogP contribution in [0.1, 0.15) is 65.6 Å². The van der Waals surface area contributed by atoms with E-state index in [1.807, 2.05) is 42.5 Å². The van der Waals surface area contributed by atoms with E-state index in [0.717, 1.165) is 39.9 Å². The predicted molar refractivity (Wildman–Crippen MR) is 367 cm³/mol. The second kappa shape index (κ2) is 25.2. The quantitative estimate of drug-likeness (QED) is 0.149. The molecule has 7 heterocycles. The summed E-state index contributed by atoms with van der Waals surface area (Å²) in [6.07, 6.45) is 9.59. The Morgan fingerprint density at radius 1 is 0.326 bits per heavy atom. The smallest absolute Gasteiger partial charge is 0.212 e. The number of aryl methyl sites for hydroxylation is 10. The van der Waals surface area contributed by atoms with E-state index in [9.17, 15) is 0 Å². The Morgan fingerprint density at radius 2 is 0.775 bits per heavy atom. The molecule has 15 aromatic rings. The van der Waals surface area contributed by atoms with Crippen LogP contribution in [-0.4, -0.2) is 0 Å². The minimum Gasteiger partial charge on any atom is -0.456 e. The standard InChI is InChI=1S/C22H24N.C21H20NO.C20H18NO.C19H16NO/c1-16(2)20-12-13-22(23(4)15-20)21-14-19(11-10-17(21)3)18-8-6-5-7-9-18;1-4-15-9-10-22(3)19(12-15)17-13-21-18(11-14(17)2)16-7-5-6-8-20(16)23-21;1-13-8-9-21(3)18(10-13)16-12-20-17(11-14(16)2)15-6-4-5-7-19(15)22-20;1-13-11-16-14-7-3-4-9-18(14)21-19(16)12-15(13)17-8-5-6-10-20(17)2/h5-16H,1-4H3;5-13H,4H2,1-3H3;4-12H,1-3H3;3-12H,1-2H3/q4*+1. The summed E-state index contributed by atoms with van der Waals surface area (Å²) in [5.74, 6) is 0.548. The molecule has 0 bridgehead atoms. The van der Waals surface area contributed by atoms with Gasteiger partial charge in [0.15, 0.2) is 24.8 Å². The number of nitrogens with zero attached hydrogens (tertiary/aromatic N) is 4. The Kier molecular flexibility index (Phi) is 16.8. The summed E-state index contributed by atoms with van der Waals surface area (Å²) in [7, 11) is 8.38. The van der Waals surface area contributed by atoms with E-state index in [-0.39, 0.29) is 0 Å². The normalized spacial score (nSPS) is 11.3. The molecule has 7 aromatic heterocycles. The van der Waals surface area contributed by atoms with E-state index in [2.05, 4.69) is 296 Å². The summed E-state index contributed by atoms with van der Waals surface area (Å²) in [6, 6.07) is 74.7. The highest BCUT2D eigenvalue weighted by atomic mass is 16.3. The van der Waals surface area contributed by atoms with Crippen molar-refractivity contribution in [3.05, 3.63) is 276 Å². The van der Waals surface area contributed by atoms with Crippen molar-refractivity contribution < 1.29 is 31.5 Å². The minimum absolute atomic E-state index is 0.548. The third-order valence-electron chi connectivity index (χ3n) is 17.4. The molecule has 7 heteroatoms. The van der Waals surface area contributed by atoms with Crippen molar-refractivity contribution in [1.82, 2.24) is 0 Å². The Morgan fingerprint density at radius 3 is 1.28 bits per heavy atom. The lowest BCUT2D eigenvalue weighted by molar-refractivity contribution is -0.661. The summed E-state index contributed by atoms with van der Waals surface area (Å²) in [4.78, 5) is 0. The zero-order valence-corrected chi connectivity index (χ0v) is 53.3. The van der Waals surface area contributed by atoms with Gasteiger partial charge in [-0.25, -0.2) is 18.3 Å². The van der Waals surface area contributed by atoms with Crippen LogP contribution in [0.25, 0.3) is 122 Å². The molecule has 0 atom stereocenters. The molecule has 0 saturated heterocycles. The van der Waals surface area contributed by atoms with Gasteiger partial charge in [0.1, 0.15) is 61.7 Å². The van der Waals surface area contributed by atoms with Gasteiger partial charge in [0.25, 0.3) is 0 Å². The first-order chi connectivity index (χ1) is 43.1. The van der Waals surface area contributed by atoms with Crippen molar-refractivity contribution in [1.29, 1.82) is 0 Å². The van der Waals surface area contributed by atoms with E-state index >= 15 is 0 Å². The molecule has 89 heavy (non-hydrogen) atoms. The summed E-state index contributed by atoms with van der Waals surface area (Å²) in [5, 5.41) is 7.11. The number of fused-ring (bicyclic) bond motifs is 9. The van der Waals surface area contributed by atoms with Gasteiger partial charge in [-0.05, 0) is 164 Å². The number of furan rings is 3. The van der Waals surface area contributed by atoms with Crippen molar-refractivity contribution >= 4 is 65.8 Å². The zero-order chi connectivity index (χ0) is 62.0. The van der Waals surface area contributed by atoms with E-state index in [1.165, 1.54) is 127 Å². The summed E-state index contributed by atoms with van der Waals surface area (Å²) in [6.45, 7) is 17.5. The van der Waals surface area contributed by atoms with Crippen molar-refractivity contribution in [2.24, 2.45) is 28.2 Å².